The number of methoxy groups -OCH3 is 1. The summed E-state index contributed by atoms with van der Waals surface area (Å²) in [7, 11) is -2.66. The number of benzene rings is 1. The molecule has 2 atom stereocenters. The van der Waals surface area contributed by atoms with E-state index in [1.807, 2.05) is 0 Å². The van der Waals surface area contributed by atoms with E-state index in [0.717, 1.165) is 0 Å². The maximum Gasteiger partial charge on any atom is 0.319 e. The Morgan fingerprint density at radius 1 is 1.44 bits per heavy atom. The van der Waals surface area contributed by atoms with E-state index in [9.17, 15) is 14.3 Å². The standard InChI is InChI=1S/C10H13O5P/c1-15-7-9(10(11)12)16(13,14)8-5-3-2-4-6-8/h2-6,9H,7H2,1H3,(H,11,12)(H,13,14). The summed E-state index contributed by atoms with van der Waals surface area (Å²) >= 11 is 0. The van der Waals surface area contributed by atoms with Gasteiger partial charge in [-0.15, -0.1) is 0 Å². The summed E-state index contributed by atoms with van der Waals surface area (Å²) in [5.41, 5.74) is -1.43. The van der Waals surface area contributed by atoms with Gasteiger partial charge >= 0.3 is 5.97 Å². The zero-order valence-corrected chi connectivity index (χ0v) is 9.63. The lowest BCUT2D eigenvalue weighted by Gasteiger charge is -2.18. The molecule has 5 nitrogen and oxygen atoms in total. The number of carboxylic acid groups (broad SMARTS) is 1. The third-order valence-corrected chi connectivity index (χ3v) is 4.41. The summed E-state index contributed by atoms with van der Waals surface area (Å²) in [6, 6.07) is 7.74. The number of ether oxygens (including phenoxy) is 1. The number of hydrogen-bond donors (Lipinski definition) is 2. The SMILES string of the molecule is COCC(C(=O)O)P(=O)(O)c1ccccc1. The van der Waals surface area contributed by atoms with Crippen LogP contribution in [0.25, 0.3) is 0 Å². The van der Waals surface area contributed by atoms with Crippen LogP contribution in [0.3, 0.4) is 0 Å². The fraction of sp³-hybridized carbons (Fsp3) is 0.300. The van der Waals surface area contributed by atoms with Gasteiger partial charge in [-0.25, -0.2) is 0 Å². The van der Waals surface area contributed by atoms with Crippen LogP contribution >= 0.6 is 7.37 Å². The summed E-state index contributed by atoms with van der Waals surface area (Å²) in [5, 5.41) is 9.01. The first kappa shape index (κ1) is 12.9. The number of carbonyl (C=O) groups is 1. The van der Waals surface area contributed by atoms with Crippen LogP contribution in [-0.4, -0.2) is 35.3 Å². The Morgan fingerprint density at radius 3 is 2.44 bits per heavy atom. The van der Waals surface area contributed by atoms with Gasteiger partial charge < -0.3 is 14.7 Å². The van der Waals surface area contributed by atoms with Crippen LogP contribution in [-0.2, 0) is 14.1 Å². The molecular formula is C10H13O5P. The minimum atomic E-state index is -3.95. The molecule has 2 unspecified atom stereocenters. The zero-order valence-electron chi connectivity index (χ0n) is 8.74. The first-order valence-corrected chi connectivity index (χ1v) is 6.33. The Bertz CT molecular complexity index is 403. The Labute approximate surface area is 93.1 Å². The molecule has 0 heterocycles. The van der Waals surface area contributed by atoms with Gasteiger partial charge in [-0.1, -0.05) is 18.2 Å². The largest absolute Gasteiger partial charge is 0.481 e. The monoisotopic (exact) mass is 244 g/mol. The van der Waals surface area contributed by atoms with Gasteiger partial charge in [0, 0.05) is 12.4 Å². The highest BCUT2D eigenvalue weighted by Gasteiger charge is 2.38. The fourth-order valence-electron chi connectivity index (χ4n) is 1.30. The first-order chi connectivity index (χ1) is 7.50. The second-order valence-electron chi connectivity index (χ2n) is 3.27. The Hall–Kier alpha value is -1.16. The van der Waals surface area contributed by atoms with Crippen molar-refractivity contribution in [2.75, 3.05) is 13.7 Å². The van der Waals surface area contributed by atoms with E-state index >= 15 is 0 Å². The maximum absolute atomic E-state index is 12.0. The number of carboxylic acids is 1. The van der Waals surface area contributed by atoms with Crippen LogP contribution in [0.4, 0.5) is 0 Å². The molecule has 0 aliphatic heterocycles. The quantitative estimate of drug-likeness (QED) is 0.744. The highest BCUT2D eigenvalue weighted by molar-refractivity contribution is 7.67. The normalized spacial score (nSPS) is 16.4. The molecular weight excluding hydrogens is 231 g/mol. The van der Waals surface area contributed by atoms with Crippen LogP contribution in [0.2, 0.25) is 0 Å². The van der Waals surface area contributed by atoms with Gasteiger partial charge in [0.05, 0.1) is 6.61 Å². The van der Waals surface area contributed by atoms with Crippen molar-refractivity contribution in [2.45, 2.75) is 5.66 Å². The molecule has 88 valence electrons. The molecule has 0 bridgehead atoms. The molecule has 0 amide bonds. The number of aliphatic carboxylic acids is 1. The Balaban J connectivity index is 3.08. The molecule has 1 aromatic carbocycles. The van der Waals surface area contributed by atoms with Crippen molar-refractivity contribution in [3.63, 3.8) is 0 Å². The highest BCUT2D eigenvalue weighted by atomic mass is 31.2. The van der Waals surface area contributed by atoms with Crippen molar-refractivity contribution in [3.8, 4) is 0 Å². The van der Waals surface area contributed by atoms with Crippen molar-refractivity contribution in [3.05, 3.63) is 30.3 Å². The van der Waals surface area contributed by atoms with Crippen molar-refractivity contribution < 1.29 is 24.1 Å². The molecule has 0 spiro atoms. The van der Waals surface area contributed by atoms with E-state index in [4.69, 9.17) is 5.11 Å². The molecule has 1 rings (SSSR count). The molecule has 0 aliphatic carbocycles. The molecule has 0 saturated heterocycles. The van der Waals surface area contributed by atoms with Crippen LogP contribution < -0.4 is 5.30 Å². The van der Waals surface area contributed by atoms with Crippen LogP contribution in [0.5, 0.6) is 0 Å². The van der Waals surface area contributed by atoms with Gasteiger partial charge in [0.2, 0.25) is 7.37 Å². The summed E-state index contributed by atoms with van der Waals surface area (Å²) in [6.45, 7) is -0.294. The smallest absolute Gasteiger partial charge is 0.319 e. The second-order valence-corrected chi connectivity index (χ2v) is 5.65. The van der Waals surface area contributed by atoms with Crippen LogP contribution in [0.15, 0.2) is 30.3 Å². The summed E-state index contributed by atoms with van der Waals surface area (Å²) < 4.78 is 16.7. The zero-order chi connectivity index (χ0) is 12.2. The summed E-state index contributed by atoms with van der Waals surface area (Å²) in [6.07, 6.45) is 0. The molecule has 2 N–H and O–H groups in total. The van der Waals surface area contributed by atoms with Crippen molar-refractivity contribution >= 4 is 18.6 Å². The second kappa shape index (κ2) is 5.25. The molecule has 0 saturated carbocycles. The predicted molar refractivity (Wildman–Crippen MR) is 59.2 cm³/mol. The topological polar surface area (TPSA) is 83.8 Å². The van der Waals surface area contributed by atoms with E-state index in [2.05, 4.69) is 4.74 Å². The van der Waals surface area contributed by atoms with Gasteiger partial charge in [0.15, 0.2) is 5.66 Å². The van der Waals surface area contributed by atoms with E-state index < -0.39 is 19.0 Å². The molecule has 0 radical (unpaired) electrons. The van der Waals surface area contributed by atoms with Gasteiger partial charge in [-0.2, -0.15) is 0 Å². The number of hydrogen-bond acceptors (Lipinski definition) is 3. The lowest BCUT2D eigenvalue weighted by atomic mass is 10.4. The first-order valence-electron chi connectivity index (χ1n) is 4.60. The van der Waals surface area contributed by atoms with Gasteiger partial charge in [0.25, 0.3) is 0 Å². The van der Waals surface area contributed by atoms with E-state index in [1.165, 1.54) is 19.2 Å². The van der Waals surface area contributed by atoms with Gasteiger partial charge in [-0.3, -0.25) is 9.36 Å². The minimum Gasteiger partial charge on any atom is -0.481 e. The predicted octanol–water partition coefficient (Wildman–Crippen LogP) is 0.682. The van der Waals surface area contributed by atoms with Gasteiger partial charge in [0.1, 0.15) is 0 Å². The van der Waals surface area contributed by atoms with Gasteiger partial charge in [-0.05, 0) is 12.1 Å². The van der Waals surface area contributed by atoms with Crippen LogP contribution in [0, 0.1) is 0 Å². The lowest BCUT2D eigenvalue weighted by molar-refractivity contribution is -0.137. The molecule has 1 aromatic rings. The van der Waals surface area contributed by atoms with E-state index in [1.54, 1.807) is 18.2 Å². The molecule has 0 aromatic heterocycles. The van der Waals surface area contributed by atoms with Crippen molar-refractivity contribution in [1.29, 1.82) is 0 Å². The highest BCUT2D eigenvalue weighted by Crippen LogP contribution is 2.45. The summed E-state index contributed by atoms with van der Waals surface area (Å²) in [5.74, 6) is -1.34. The molecule has 0 aliphatic rings. The minimum absolute atomic E-state index is 0.124. The average molecular weight is 244 g/mol. The van der Waals surface area contributed by atoms with E-state index in [0.29, 0.717) is 0 Å². The number of rotatable bonds is 5. The third kappa shape index (κ3) is 2.70. The average Bonchev–Trinajstić information content (AvgIpc) is 2.26. The molecule has 16 heavy (non-hydrogen) atoms. The van der Waals surface area contributed by atoms with Crippen molar-refractivity contribution in [1.82, 2.24) is 0 Å². The fourth-order valence-corrected chi connectivity index (χ4v) is 2.91. The molecule has 0 fully saturated rings. The Morgan fingerprint density at radius 2 is 2.00 bits per heavy atom. The maximum atomic E-state index is 12.0. The van der Waals surface area contributed by atoms with Crippen molar-refractivity contribution in [2.24, 2.45) is 0 Å². The van der Waals surface area contributed by atoms with E-state index in [-0.39, 0.29) is 11.9 Å². The summed E-state index contributed by atoms with van der Waals surface area (Å²) in [4.78, 5) is 20.7. The van der Waals surface area contributed by atoms with Crippen LogP contribution in [0.1, 0.15) is 0 Å². The molecule has 6 heteroatoms. The third-order valence-electron chi connectivity index (χ3n) is 2.16. The Kier molecular flexibility index (Phi) is 4.24. The lowest BCUT2D eigenvalue weighted by Crippen LogP contribution is -2.29.